The highest BCUT2D eigenvalue weighted by atomic mass is 35.5. The molecule has 1 fully saturated rings. The fourth-order valence-corrected chi connectivity index (χ4v) is 3.38. The second-order valence-electron chi connectivity index (χ2n) is 7.11. The lowest BCUT2D eigenvalue weighted by atomic mass is 9.85. The van der Waals surface area contributed by atoms with Gasteiger partial charge in [-0.05, 0) is 74.2 Å². The minimum atomic E-state index is -0.209. The molecule has 2 atom stereocenters. The number of amides is 2. The van der Waals surface area contributed by atoms with Crippen LogP contribution < -0.4 is 16.0 Å². The van der Waals surface area contributed by atoms with E-state index in [1.807, 2.05) is 0 Å². The summed E-state index contributed by atoms with van der Waals surface area (Å²) in [7, 11) is 0. The number of carbonyl (C=O) groups excluding carboxylic acids is 2. The van der Waals surface area contributed by atoms with Crippen molar-refractivity contribution < 1.29 is 9.59 Å². The molecule has 0 saturated carbocycles. The molecule has 8 heteroatoms. The van der Waals surface area contributed by atoms with Crippen LogP contribution in [0.25, 0.3) is 0 Å². The van der Waals surface area contributed by atoms with Crippen molar-refractivity contribution in [2.45, 2.75) is 26.2 Å². The van der Waals surface area contributed by atoms with Gasteiger partial charge in [0.1, 0.15) is 0 Å². The standard InChI is InChI=1S/C21H26N4O2.2ClH/c1-15(17-4-2-10-22-13-17)12-20(26)24-18-8-6-16(7-9-18)21(27)25-19-5-3-11-23-14-19;;/h3,5-9,11,14-15,17,22H,2,4,10,12-13H2,1H3,(H,24,26)(H,25,27);2*1H. The van der Waals surface area contributed by atoms with E-state index in [2.05, 4.69) is 27.9 Å². The largest absolute Gasteiger partial charge is 0.326 e. The third-order valence-electron chi connectivity index (χ3n) is 5.00. The molecule has 0 aliphatic carbocycles. The first kappa shape index (κ1) is 24.9. The number of hydrogen-bond donors (Lipinski definition) is 3. The van der Waals surface area contributed by atoms with E-state index in [-0.39, 0.29) is 36.6 Å². The molecule has 1 aromatic heterocycles. The molecule has 2 aromatic rings. The minimum absolute atomic E-state index is 0. The van der Waals surface area contributed by atoms with Crippen LogP contribution in [0.1, 0.15) is 36.5 Å². The number of pyridine rings is 1. The molecule has 2 heterocycles. The van der Waals surface area contributed by atoms with E-state index in [1.165, 1.54) is 12.8 Å². The number of carbonyl (C=O) groups is 2. The van der Waals surface area contributed by atoms with E-state index in [0.29, 0.717) is 35.2 Å². The highest BCUT2D eigenvalue weighted by molar-refractivity contribution is 6.04. The van der Waals surface area contributed by atoms with Crippen LogP contribution in [0.15, 0.2) is 48.8 Å². The number of halogens is 2. The zero-order valence-electron chi connectivity index (χ0n) is 16.4. The summed E-state index contributed by atoms with van der Waals surface area (Å²) in [5.74, 6) is 0.713. The summed E-state index contributed by atoms with van der Waals surface area (Å²) in [4.78, 5) is 28.5. The van der Waals surface area contributed by atoms with Gasteiger partial charge in [-0.2, -0.15) is 0 Å². The molecule has 1 saturated heterocycles. The van der Waals surface area contributed by atoms with Crippen molar-refractivity contribution in [1.82, 2.24) is 10.3 Å². The zero-order valence-corrected chi connectivity index (χ0v) is 18.0. The predicted octanol–water partition coefficient (Wildman–Crippen LogP) is 4.14. The smallest absolute Gasteiger partial charge is 0.255 e. The highest BCUT2D eigenvalue weighted by Crippen LogP contribution is 2.23. The van der Waals surface area contributed by atoms with Crippen LogP contribution in [-0.4, -0.2) is 29.9 Å². The van der Waals surface area contributed by atoms with Crippen molar-refractivity contribution >= 4 is 48.0 Å². The molecule has 158 valence electrons. The van der Waals surface area contributed by atoms with Crippen molar-refractivity contribution in [1.29, 1.82) is 0 Å². The van der Waals surface area contributed by atoms with Gasteiger partial charge in [-0.15, -0.1) is 24.8 Å². The van der Waals surface area contributed by atoms with E-state index >= 15 is 0 Å². The fourth-order valence-electron chi connectivity index (χ4n) is 3.38. The Bertz CT molecular complexity index is 766. The Labute approximate surface area is 184 Å². The van der Waals surface area contributed by atoms with Gasteiger partial charge in [0.25, 0.3) is 5.91 Å². The van der Waals surface area contributed by atoms with Crippen LogP contribution >= 0.6 is 24.8 Å². The second kappa shape index (κ2) is 12.4. The van der Waals surface area contributed by atoms with Gasteiger partial charge in [-0.25, -0.2) is 0 Å². The molecule has 2 unspecified atom stereocenters. The Morgan fingerprint density at radius 2 is 1.90 bits per heavy atom. The summed E-state index contributed by atoms with van der Waals surface area (Å²) in [6.45, 7) is 4.22. The number of nitrogens with zero attached hydrogens (tertiary/aromatic N) is 1. The lowest BCUT2D eigenvalue weighted by Crippen LogP contribution is -2.34. The van der Waals surface area contributed by atoms with E-state index in [0.717, 1.165) is 13.1 Å². The van der Waals surface area contributed by atoms with Gasteiger partial charge in [-0.3, -0.25) is 14.6 Å². The summed E-state index contributed by atoms with van der Waals surface area (Å²) in [6, 6.07) is 10.5. The molecule has 3 N–H and O–H groups in total. The first-order valence-electron chi connectivity index (χ1n) is 9.44. The van der Waals surface area contributed by atoms with Gasteiger partial charge >= 0.3 is 0 Å². The first-order valence-corrected chi connectivity index (χ1v) is 9.44. The third kappa shape index (κ3) is 7.65. The van der Waals surface area contributed by atoms with Crippen molar-refractivity contribution in [3.63, 3.8) is 0 Å². The summed E-state index contributed by atoms with van der Waals surface area (Å²) in [5.41, 5.74) is 1.87. The topological polar surface area (TPSA) is 83.1 Å². The van der Waals surface area contributed by atoms with Gasteiger partial charge in [0.2, 0.25) is 5.91 Å². The van der Waals surface area contributed by atoms with E-state index < -0.39 is 0 Å². The van der Waals surface area contributed by atoms with Gasteiger partial charge in [0.15, 0.2) is 0 Å². The van der Waals surface area contributed by atoms with Crippen LogP contribution in [-0.2, 0) is 4.79 Å². The molecule has 1 aliphatic rings. The Balaban J connectivity index is 0.00000210. The summed E-state index contributed by atoms with van der Waals surface area (Å²) < 4.78 is 0. The van der Waals surface area contributed by atoms with Gasteiger partial charge in [-0.1, -0.05) is 6.92 Å². The quantitative estimate of drug-likeness (QED) is 0.632. The Morgan fingerprint density at radius 3 is 2.52 bits per heavy atom. The SMILES string of the molecule is CC(CC(=O)Nc1ccc(C(=O)Nc2cccnc2)cc1)C1CCCNC1.Cl.Cl. The van der Waals surface area contributed by atoms with E-state index in [9.17, 15) is 9.59 Å². The summed E-state index contributed by atoms with van der Waals surface area (Å²) in [5, 5.41) is 9.11. The molecule has 0 spiro atoms. The summed E-state index contributed by atoms with van der Waals surface area (Å²) in [6.07, 6.45) is 6.12. The average Bonchev–Trinajstić information content (AvgIpc) is 2.70. The molecular weight excluding hydrogens is 411 g/mol. The van der Waals surface area contributed by atoms with Crippen molar-refractivity contribution in [2.24, 2.45) is 11.8 Å². The Kier molecular flexibility index (Phi) is 10.7. The number of piperidine rings is 1. The molecule has 6 nitrogen and oxygen atoms in total. The normalized spacial score (nSPS) is 16.5. The Hall–Kier alpha value is -2.15. The van der Waals surface area contributed by atoms with Crippen molar-refractivity contribution in [2.75, 3.05) is 23.7 Å². The zero-order chi connectivity index (χ0) is 19.1. The minimum Gasteiger partial charge on any atom is -0.326 e. The maximum atomic E-state index is 12.3. The lowest BCUT2D eigenvalue weighted by molar-refractivity contribution is -0.117. The van der Waals surface area contributed by atoms with E-state index in [1.54, 1.807) is 48.8 Å². The molecule has 0 bridgehead atoms. The maximum absolute atomic E-state index is 12.3. The maximum Gasteiger partial charge on any atom is 0.255 e. The number of benzene rings is 1. The molecule has 29 heavy (non-hydrogen) atoms. The molecule has 2 amide bonds. The molecular formula is C21H28Cl2N4O2. The monoisotopic (exact) mass is 438 g/mol. The number of hydrogen-bond acceptors (Lipinski definition) is 4. The van der Waals surface area contributed by atoms with Crippen LogP contribution in [0.5, 0.6) is 0 Å². The number of aromatic nitrogens is 1. The lowest BCUT2D eigenvalue weighted by Gasteiger charge is -2.28. The molecule has 1 aliphatic heterocycles. The van der Waals surface area contributed by atoms with Crippen LogP contribution in [0, 0.1) is 11.8 Å². The van der Waals surface area contributed by atoms with Gasteiger partial charge < -0.3 is 16.0 Å². The van der Waals surface area contributed by atoms with Crippen molar-refractivity contribution in [3.8, 4) is 0 Å². The number of nitrogens with one attached hydrogen (secondary N) is 3. The van der Waals surface area contributed by atoms with Crippen LogP contribution in [0.4, 0.5) is 11.4 Å². The predicted molar refractivity (Wildman–Crippen MR) is 121 cm³/mol. The average molecular weight is 439 g/mol. The molecule has 0 radical (unpaired) electrons. The van der Waals surface area contributed by atoms with Gasteiger partial charge in [0.05, 0.1) is 11.9 Å². The van der Waals surface area contributed by atoms with Crippen LogP contribution in [0.2, 0.25) is 0 Å². The molecule has 3 rings (SSSR count). The molecule has 1 aromatic carbocycles. The number of rotatable bonds is 6. The van der Waals surface area contributed by atoms with Crippen LogP contribution in [0.3, 0.4) is 0 Å². The van der Waals surface area contributed by atoms with E-state index in [4.69, 9.17) is 0 Å². The third-order valence-corrected chi connectivity index (χ3v) is 5.00. The van der Waals surface area contributed by atoms with Gasteiger partial charge in [0, 0.05) is 23.9 Å². The fraction of sp³-hybridized carbons (Fsp3) is 0.381. The highest BCUT2D eigenvalue weighted by Gasteiger charge is 2.22. The Morgan fingerprint density at radius 1 is 1.14 bits per heavy atom. The van der Waals surface area contributed by atoms with Crippen molar-refractivity contribution in [3.05, 3.63) is 54.4 Å². The second-order valence-corrected chi connectivity index (χ2v) is 7.11. The summed E-state index contributed by atoms with van der Waals surface area (Å²) >= 11 is 0. The first-order chi connectivity index (χ1) is 13.1. The number of anilines is 2.